The van der Waals surface area contributed by atoms with Crippen LogP contribution in [0, 0.1) is 11.3 Å². The molecule has 0 saturated carbocycles. The monoisotopic (exact) mass is 407 g/mol. The van der Waals surface area contributed by atoms with Crippen LogP contribution in [0.25, 0.3) is 11.1 Å². The molecule has 0 bridgehead atoms. The Morgan fingerprint density at radius 2 is 1.38 bits per heavy atom. The van der Waals surface area contributed by atoms with Gasteiger partial charge in [-0.05, 0) is 58.1 Å². The molecule has 3 heteroatoms. The number of nitrogens with zero attached hydrogens (tertiary/aromatic N) is 1. The van der Waals surface area contributed by atoms with Crippen LogP contribution >= 0.6 is 23.4 Å². The molecule has 2 aliphatic rings. The lowest BCUT2D eigenvalue weighted by atomic mass is 9.67. The van der Waals surface area contributed by atoms with Gasteiger partial charge in [-0.2, -0.15) is 5.26 Å². The summed E-state index contributed by atoms with van der Waals surface area (Å²) in [4.78, 5) is 2.52. The highest BCUT2D eigenvalue weighted by Gasteiger charge is 2.50. The first kappa shape index (κ1) is 16.9. The predicted molar refractivity (Wildman–Crippen MR) is 118 cm³/mol. The van der Waals surface area contributed by atoms with E-state index in [-0.39, 0.29) is 0 Å². The van der Waals surface area contributed by atoms with E-state index in [1.54, 1.807) is 0 Å². The third-order valence-corrected chi connectivity index (χ3v) is 7.51. The highest BCUT2D eigenvalue weighted by molar-refractivity contribution is 7.99. The number of benzene rings is 4. The molecular formula is C26H14ClNS. The van der Waals surface area contributed by atoms with Gasteiger partial charge < -0.3 is 0 Å². The predicted octanol–water partition coefficient (Wildman–Crippen LogP) is 7.04. The molecular weight excluding hydrogens is 394 g/mol. The van der Waals surface area contributed by atoms with Crippen LogP contribution in [0.4, 0.5) is 0 Å². The number of fused-ring (bicyclic) bond motifs is 9. The SMILES string of the molecule is N#Cc1ccc2c(c1)-c1c(Cl)cccc1C21c2ccccc2Sc2ccccc21. The maximum atomic E-state index is 9.52. The van der Waals surface area contributed by atoms with E-state index in [1.165, 1.54) is 32.0 Å². The maximum Gasteiger partial charge on any atom is 0.0991 e. The van der Waals surface area contributed by atoms with Gasteiger partial charge in [0.1, 0.15) is 0 Å². The van der Waals surface area contributed by atoms with Crippen molar-refractivity contribution in [3.8, 4) is 17.2 Å². The molecule has 1 nitrogen and oxygen atoms in total. The van der Waals surface area contributed by atoms with Crippen LogP contribution in [0.5, 0.6) is 0 Å². The molecule has 0 aromatic heterocycles. The average molecular weight is 408 g/mol. The zero-order chi connectivity index (χ0) is 19.6. The standard InChI is InChI=1S/C26H14ClNS/c27-22-9-5-8-21-25(22)17-14-16(15-28)12-13-18(17)26(21)19-6-1-3-10-23(19)29-24-11-4-2-7-20(24)26/h1-14H. The van der Waals surface area contributed by atoms with Crippen LogP contribution in [0.1, 0.15) is 27.8 Å². The molecule has 0 radical (unpaired) electrons. The lowest BCUT2D eigenvalue weighted by Crippen LogP contribution is -2.31. The van der Waals surface area contributed by atoms with Crippen molar-refractivity contribution >= 4 is 23.4 Å². The number of halogens is 1. The van der Waals surface area contributed by atoms with Crippen molar-refractivity contribution in [2.75, 3.05) is 0 Å². The third-order valence-electron chi connectivity index (χ3n) is 6.04. The van der Waals surface area contributed by atoms with Crippen molar-refractivity contribution < 1.29 is 0 Å². The molecule has 4 aromatic rings. The molecule has 29 heavy (non-hydrogen) atoms. The molecule has 1 aliphatic carbocycles. The highest BCUT2D eigenvalue weighted by atomic mass is 35.5. The van der Waals surface area contributed by atoms with Crippen molar-refractivity contribution in [2.45, 2.75) is 15.2 Å². The van der Waals surface area contributed by atoms with E-state index in [9.17, 15) is 5.26 Å². The summed E-state index contributed by atoms with van der Waals surface area (Å²) in [6, 6.07) is 31.8. The van der Waals surface area contributed by atoms with Gasteiger partial charge >= 0.3 is 0 Å². The summed E-state index contributed by atoms with van der Waals surface area (Å²) in [7, 11) is 0. The summed E-state index contributed by atoms with van der Waals surface area (Å²) in [5.41, 5.74) is 7.25. The zero-order valence-corrected chi connectivity index (χ0v) is 16.9. The molecule has 1 heterocycles. The molecule has 6 rings (SSSR count). The maximum absolute atomic E-state index is 9.52. The van der Waals surface area contributed by atoms with E-state index in [0.29, 0.717) is 5.56 Å². The first-order valence-electron chi connectivity index (χ1n) is 9.46. The minimum absolute atomic E-state index is 0.429. The Balaban J connectivity index is 1.86. The summed E-state index contributed by atoms with van der Waals surface area (Å²) < 4.78 is 0. The minimum atomic E-state index is -0.429. The molecule has 1 aliphatic heterocycles. The molecule has 0 fully saturated rings. The van der Waals surface area contributed by atoms with E-state index in [4.69, 9.17) is 11.6 Å². The number of nitriles is 1. The topological polar surface area (TPSA) is 23.8 Å². The second-order valence-electron chi connectivity index (χ2n) is 7.38. The Morgan fingerprint density at radius 3 is 2.07 bits per heavy atom. The molecule has 0 amide bonds. The van der Waals surface area contributed by atoms with Gasteiger partial charge in [0, 0.05) is 20.4 Å². The van der Waals surface area contributed by atoms with Gasteiger partial charge in [-0.1, -0.05) is 78.0 Å². The van der Waals surface area contributed by atoms with Crippen molar-refractivity contribution in [1.82, 2.24) is 0 Å². The van der Waals surface area contributed by atoms with Gasteiger partial charge in [-0.25, -0.2) is 0 Å². The summed E-state index contributed by atoms with van der Waals surface area (Å²) in [5, 5.41) is 10.2. The average Bonchev–Trinajstić information content (AvgIpc) is 3.05. The Labute approximate surface area is 178 Å². The van der Waals surface area contributed by atoms with Crippen LogP contribution < -0.4 is 0 Å². The molecule has 0 N–H and O–H groups in total. The Morgan fingerprint density at radius 1 is 0.724 bits per heavy atom. The highest BCUT2D eigenvalue weighted by Crippen LogP contribution is 2.63. The molecule has 136 valence electrons. The fourth-order valence-corrected chi connectivity index (χ4v) is 6.45. The Hall–Kier alpha value is -2.99. The van der Waals surface area contributed by atoms with Crippen LogP contribution in [0.3, 0.4) is 0 Å². The lowest BCUT2D eigenvalue weighted by Gasteiger charge is -2.39. The number of hydrogen-bond acceptors (Lipinski definition) is 2. The Kier molecular flexibility index (Phi) is 3.50. The summed E-state index contributed by atoms with van der Waals surface area (Å²) in [5.74, 6) is 0. The fourth-order valence-electron chi connectivity index (χ4n) is 4.98. The summed E-state index contributed by atoms with van der Waals surface area (Å²) >= 11 is 8.58. The molecule has 4 aromatic carbocycles. The third kappa shape index (κ3) is 2.07. The van der Waals surface area contributed by atoms with Gasteiger partial charge in [0.25, 0.3) is 0 Å². The first-order chi connectivity index (χ1) is 14.2. The second kappa shape index (κ2) is 6.00. The molecule has 0 unspecified atom stereocenters. The van der Waals surface area contributed by atoms with Crippen molar-refractivity contribution in [2.24, 2.45) is 0 Å². The van der Waals surface area contributed by atoms with Crippen molar-refractivity contribution in [3.05, 3.63) is 118 Å². The second-order valence-corrected chi connectivity index (χ2v) is 8.87. The van der Waals surface area contributed by atoms with Gasteiger partial charge in [-0.3, -0.25) is 0 Å². The summed E-state index contributed by atoms with van der Waals surface area (Å²) in [6.07, 6.45) is 0. The van der Waals surface area contributed by atoms with E-state index in [1.807, 2.05) is 36.0 Å². The Bertz CT molecular complexity index is 1320. The number of rotatable bonds is 0. The molecule has 1 spiro atoms. The van der Waals surface area contributed by atoms with Gasteiger partial charge in [0.15, 0.2) is 0 Å². The van der Waals surface area contributed by atoms with E-state index in [0.717, 1.165) is 16.1 Å². The van der Waals surface area contributed by atoms with Crippen LogP contribution in [-0.2, 0) is 5.41 Å². The fraction of sp³-hybridized carbons (Fsp3) is 0.0385. The first-order valence-corrected chi connectivity index (χ1v) is 10.7. The van der Waals surface area contributed by atoms with Crippen molar-refractivity contribution in [3.63, 3.8) is 0 Å². The van der Waals surface area contributed by atoms with Gasteiger partial charge in [0.2, 0.25) is 0 Å². The van der Waals surface area contributed by atoms with E-state index < -0.39 is 5.41 Å². The van der Waals surface area contributed by atoms with Crippen LogP contribution in [0.2, 0.25) is 5.02 Å². The van der Waals surface area contributed by atoms with E-state index >= 15 is 0 Å². The van der Waals surface area contributed by atoms with Gasteiger partial charge in [-0.15, -0.1) is 0 Å². The number of hydrogen-bond donors (Lipinski definition) is 0. The van der Waals surface area contributed by atoms with Crippen LogP contribution in [-0.4, -0.2) is 0 Å². The lowest BCUT2D eigenvalue weighted by molar-refractivity contribution is 0.722. The minimum Gasteiger partial charge on any atom is -0.192 e. The normalized spacial score (nSPS) is 14.5. The van der Waals surface area contributed by atoms with Crippen molar-refractivity contribution in [1.29, 1.82) is 5.26 Å². The molecule has 0 atom stereocenters. The smallest absolute Gasteiger partial charge is 0.0991 e. The largest absolute Gasteiger partial charge is 0.192 e. The quantitative estimate of drug-likeness (QED) is 0.269. The van der Waals surface area contributed by atoms with Gasteiger partial charge in [0.05, 0.1) is 17.0 Å². The summed E-state index contributed by atoms with van der Waals surface area (Å²) in [6.45, 7) is 0. The van der Waals surface area contributed by atoms with E-state index in [2.05, 4.69) is 66.7 Å². The van der Waals surface area contributed by atoms with Crippen LogP contribution in [0.15, 0.2) is 94.7 Å². The molecule has 0 saturated heterocycles. The zero-order valence-electron chi connectivity index (χ0n) is 15.3.